The molecule has 0 unspecified atom stereocenters. The number of rotatable bonds is 3. The Hall–Kier alpha value is -1.43. The molecule has 1 heterocycles. The lowest BCUT2D eigenvalue weighted by molar-refractivity contribution is 0.475. The van der Waals surface area contributed by atoms with Crippen LogP contribution in [0, 0.1) is 0 Å². The van der Waals surface area contributed by atoms with Gasteiger partial charge in [-0.2, -0.15) is 0 Å². The third-order valence-corrected chi connectivity index (χ3v) is 6.11. The first-order chi connectivity index (χ1) is 12.9. The van der Waals surface area contributed by atoms with Gasteiger partial charge >= 0.3 is 0 Å². The molecule has 0 saturated heterocycles. The quantitative estimate of drug-likeness (QED) is 0.422. The van der Waals surface area contributed by atoms with Crippen molar-refractivity contribution in [1.82, 2.24) is 0 Å². The maximum absolute atomic E-state index is 9.69. The van der Waals surface area contributed by atoms with Crippen molar-refractivity contribution in [3.8, 4) is 5.75 Å². The van der Waals surface area contributed by atoms with E-state index >= 15 is 0 Å². The predicted molar refractivity (Wildman–Crippen MR) is 116 cm³/mol. The Morgan fingerprint density at radius 1 is 0.852 bits per heavy atom. The summed E-state index contributed by atoms with van der Waals surface area (Å²) in [6.45, 7) is 0.382. The molecule has 0 aliphatic carbocycles. The smallest absolute Gasteiger partial charge is 0.117 e. The van der Waals surface area contributed by atoms with Crippen LogP contribution >= 0.6 is 58.2 Å². The van der Waals surface area contributed by atoms with E-state index in [0.717, 1.165) is 26.9 Å². The highest BCUT2D eigenvalue weighted by Gasteiger charge is 2.28. The summed E-state index contributed by atoms with van der Waals surface area (Å²) in [6, 6.07) is 14.0. The fourth-order valence-corrected chi connectivity index (χ4v) is 5.61. The molecule has 0 amide bonds. The largest absolute Gasteiger partial charge is 0.508 e. The van der Waals surface area contributed by atoms with Crippen LogP contribution in [0.2, 0.25) is 20.1 Å². The molecule has 3 aromatic carbocycles. The molecule has 0 fully saturated rings. The first kappa shape index (κ1) is 18.9. The van der Waals surface area contributed by atoms with E-state index in [2.05, 4.69) is 5.32 Å². The number of nitrogens with one attached hydrogen (secondary N) is 1. The molecule has 138 valence electrons. The first-order valence-corrected chi connectivity index (χ1v) is 10.2. The molecule has 0 spiro atoms. The number of hydrogen-bond donors (Lipinski definition) is 2. The second-order valence-corrected chi connectivity index (χ2v) is 8.66. The fraction of sp³-hybridized carbons (Fsp3) is 0.0526. The normalized spacial score (nSPS) is 12.5. The van der Waals surface area contributed by atoms with Gasteiger partial charge in [0.05, 0.1) is 28.1 Å². The molecule has 2 N–H and O–H groups in total. The van der Waals surface area contributed by atoms with Gasteiger partial charge in [-0.15, -0.1) is 0 Å². The van der Waals surface area contributed by atoms with E-state index in [4.69, 9.17) is 46.4 Å². The van der Waals surface area contributed by atoms with Crippen LogP contribution < -0.4 is 10.2 Å². The summed E-state index contributed by atoms with van der Waals surface area (Å²) in [5, 5.41) is 15.2. The number of nitrogens with zero attached hydrogens (tertiary/aromatic N) is 1. The van der Waals surface area contributed by atoms with Crippen LogP contribution in [0.1, 0.15) is 0 Å². The minimum atomic E-state index is 0.185. The SMILES string of the molecule is Oc1cccc(NCN2c3c(Cl)cc(Cl)cc3Sc3cc(Cl)cc(Cl)c32)c1. The molecule has 3 aromatic rings. The van der Waals surface area contributed by atoms with Crippen molar-refractivity contribution in [2.24, 2.45) is 0 Å². The maximum atomic E-state index is 9.69. The highest BCUT2D eigenvalue weighted by Crippen LogP contribution is 2.54. The van der Waals surface area contributed by atoms with Crippen molar-refractivity contribution in [1.29, 1.82) is 0 Å². The van der Waals surface area contributed by atoms with Crippen LogP contribution in [0.5, 0.6) is 5.75 Å². The monoisotopic (exact) mass is 456 g/mol. The van der Waals surface area contributed by atoms with Gasteiger partial charge in [0.25, 0.3) is 0 Å². The third kappa shape index (κ3) is 3.78. The van der Waals surface area contributed by atoms with E-state index in [1.807, 2.05) is 23.1 Å². The zero-order valence-electron chi connectivity index (χ0n) is 13.6. The number of halogens is 4. The number of aromatic hydroxyl groups is 1. The van der Waals surface area contributed by atoms with Crippen molar-refractivity contribution < 1.29 is 5.11 Å². The van der Waals surface area contributed by atoms with Gasteiger partial charge in [0, 0.05) is 31.6 Å². The maximum Gasteiger partial charge on any atom is 0.117 e. The van der Waals surface area contributed by atoms with Crippen LogP contribution in [0.15, 0.2) is 58.3 Å². The molecule has 0 bridgehead atoms. The second kappa shape index (κ2) is 7.53. The van der Waals surface area contributed by atoms with Gasteiger partial charge in [-0.25, -0.2) is 0 Å². The zero-order chi connectivity index (χ0) is 19.1. The number of fused-ring (bicyclic) bond motifs is 2. The van der Waals surface area contributed by atoms with Gasteiger partial charge in [-0.05, 0) is 36.4 Å². The van der Waals surface area contributed by atoms with Gasteiger partial charge in [0.1, 0.15) is 5.75 Å². The van der Waals surface area contributed by atoms with Crippen molar-refractivity contribution in [3.05, 3.63) is 68.6 Å². The Morgan fingerprint density at radius 2 is 1.44 bits per heavy atom. The molecule has 0 atom stereocenters. The molecule has 3 nitrogen and oxygen atoms in total. The number of benzene rings is 3. The predicted octanol–water partition coefficient (Wildman–Crippen LogP) is 7.68. The molecule has 0 aromatic heterocycles. The molecular formula is C19H12Cl4N2OS. The number of anilines is 3. The summed E-state index contributed by atoms with van der Waals surface area (Å²) >= 11 is 27.0. The van der Waals surface area contributed by atoms with Gasteiger partial charge < -0.3 is 15.3 Å². The number of hydrogen-bond acceptors (Lipinski definition) is 4. The standard InChI is InChI=1S/C19H12Cl4N2OS/c20-10-4-14(22)18-16(6-10)27-17-7-11(21)5-15(23)19(17)25(18)9-24-12-2-1-3-13(26)8-12/h1-8,24,26H,9H2. The highest BCUT2D eigenvalue weighted by molar-refractivity contribution is 7.99. The van der Waals surface area contributed by atoms with E-state index < -0.39 is 0 Å². The zero-order valence-corrected chi connectivity index (χ0v) is 17.5. The van der Waals surface area contributed by atoms with E-state index in [-0.39, 0.29) is 5.75 Å². The molecule has 1 aliphatic heterocycles. The van der Waals surface area contributed by atoms with Crippen LogP contribution in [0.3, 0.4) is 0 Å². The summed E-state index contributed by atoms with van der Waals surface area (Å²) in [4.78, 5) is 3.81. The Balaban J connectivity index is 1.80. The Bertz CT molecular complexity index is 987. The molecule has 1 aliphatic rings. The molecule has 27 heavy (non-hydrogen) atoms. The van der Waals surface area contributed by atoms with Gasteiger partial charge in [-0.1, -0.05) is 64.2 Å². The van der Waals surface area contributed by atoms with Crippen molar-refractivity contribution in [3.63, 3.8) is 0 Å². The van der Waals surface area contributed by atoms with E-state index in [1.165, 1.54) is 11.8 Å². The van der Waals surface area contributed by atoms with Crippen LogP contribution in [0.4, 0.5) is 17.1 Å². The fourth-order valence-electron chi connectivity index (χ4n) is 2.94. The van der Waals surface area contributed by atoms with Gasteiger partial charge in [0.2, 0.25) is 0 Å². The lowest BCUT2D eigenvalue weighted by atomic mass is 10.2. The lowest BCUT2D eigenvalue weighted by Crippen LogP contribution is -2.27. The van der Waals surface area contributed by atoms with Crippen LogP contribution in [0.25, 0.3) is 0 Å². The van der Waals surface area contributed by atoms with E-state index in [9.17, 15) is 5.11 Å². The average molecular weight is 458 g/mol. The topological polar surface area (TPSA) is 35.5 Å². The molecule has 4 rings (SSSR count). The third-order valence-electron chi connectivity index (χ3n) is 4.03. The molecule has 8 heteroatoms. The van der Waals surface area contributed by atoms with Crippen molar-refractivity contribution in [2.75, 3.05) is 16.9 Å². The highest BCUT2D eigenvalue weighted by atomic mass is 35.5. The number of phenolic OH excluding ortho intramolecular Hbond substituents is 1. The Kier molecular flexibility index (Phi) is 5.28. The van der Waals surface area contributed by atoms with Gasteiger partial charge in [-0.3, -0.25) is 0 Å². The summed E-state index contributed by atoms with van der Waals surface area (Å²) in [6.07, 6.45) is 0. The Labute approximate surface area is 180 Å². The molecular weight excluding hydrogens is 446 g/mol. The van der Waals surface area contributed by atoms with E-state index in [0.29, 0.717) is 26.8 Å². The summed E-state index contributed by atoms with van der Waals surface area (Å²) in [7, 11) is 0. The van der Waals surface area contributed by atoms with Crippen LogP contribution in [-0.4, -0.2) is 11.8 Å². The average Bonchev–Trinajstić information content (AvgIpc) is 2.58. The Morgan fingerprint density at radius 3 is 2.00 bits per heavy atom. The molecule has 0 saturated carbocycles. The van der Waals surface area contributed by atoms with E-state index in [1.54, 1.807) is 30.3 Å². The second-order valence-electron chi connectivity index (χ2n) is 5.88. The summed E-state index contributed by atoms with van der Waals surface area (Å²) < 4.78 is 0. The molecule has 0 radical (unpaired) electrons. The minimum absolute atomic E-state index is 0.185. The summed E-state index contributed by atoms with van der Waals surface area (Å²) in [5.41, 5.74) is 2.40. The van der Waals surface area contributed by atoms with Gasteiger partial charge in [0.15, 0.2) is 0 Å². The van der Waals surface area contributed by atoms with Crippen molar-refractivity contribution in [2.45, 2.75) is 9.79 Å². The van der Waals surface area contributed by atoms with Crippen LogP contribution in [-0.2, 0) is 0 Å². The van der Waals surface area contributed by atoms with Crippen molar-refractivity contribution >= 4 is 75.2 Å². The lowest BCUT2D eigenvalue weighted by Gasteiger charge is -2.34. The number of phenols is 1. The summed E-state index contributed by atoms with van der Waals surface area (Å²) in [5.74, 6) is 0.185. The first-order valence-electron chi connectivity index (χ1n) is 7.89. The minimum Gasteiger partial charge on any atom is -0.508 e.